The maximum atomic E-state index is 12.3. The van der Waals surface area contributed by atoms with Crippen LogP contribution in [0.1, 0.15) is 5.82 Å². The van der Waals surface area contributed by atoms with Crippen LogP contribution in [0.5, 0.6) is 11.5 Å². The summed E-state index contributed by atoms with van der Waals surface area (Å²) in [5.41, 5.74) is 2.12. The van der Waals surface area contributed by atoms with Gasteiger partial charge in [0.05, 0.1) is 32.1 Å². The highest BCUT2D eigenvalue weighted by atomic mass is 16.5. The van der Waals surface area contributed by atoms with Crippen molar-refractivity contribution in [1.29, 1.82) is 0 Å². The minimum Gasteiger partial charge on any atom is -0.497 e. The summed E-state index contributed by atoms with van der Waals surface area (Å²) in [4.78, 5) is 12.3. The number of hydrogen-bond donors (Lipinski definition) is 2. The van der Waals surface area contributed by atoms with Gasteiger partial charge >= 0.3 is 0 Å². The van der Waals surface area contributed by atoms with Crippen LogP contribution in [0.3, 0.4) is 0 Å². The molecule has 0 aliphatic carbocycles. The van der Waals surface area contributed by atoms with Gasteiger partial charge in [0.2, 0.25) is 5.91 Å². The van der Waals surface area contributed by atoms with E-state index >= 15 is 0 Å². The summed E-state index contributed by atoms with van der Waals surface area (Å²) in [6.45, 7) is 1.90. The van der Waals surface area contributed by atoms with Crippen molar-refractivity contribution in [3.63, 3.8) is 0 Å². The number of ether oxygens (including phenoxy) is 2. The minimum atomic E-state index is -0.217. The third kappa shape index (κ3) is 4.32. The molecule has 1 amide bonds. The summed E-state index contributed by atoms with van der Waals surface area (Å²) in [7, 11) is 3.11. The van der Waals surface area contributed by atoms with E-state index in [9.17, 15) is 4.79 Å². The first-order valence-corrected chi connectivity index (χ1v) is 8.22. The Morgan fingerprint density at radius 2 is 2.00 bits per heavy atom. The number of methoxy groups -OCH3 is 2. The Labute approximate surface area is 156 Å². The Morgan fingerprint density at radius 3 is 2.70 bits per heavy atom. The van der Waals surface area contributed by atoms with Crippen LogP contribution in [0.4, 0.5) is 11.4 Å². The van der Waals surface area contributed by atoms with Gasteiger partial charge < -0.3 is 20.1 Å². The van der Waals surface area contributed by atoms with Crippen molar-refractivity contribution in [3.8, 4) is 17.2 Å². The molecule has 27 heavy (non-hydrogen) atoms. The van der Waals surface area contributed by atoms with Gasteiger partial charge in [-0.25, -0.2) is 0 Å². The van der Waals surface area contributed by atoms with E-state index in [0.29, 0.717) is 23.0 Å². The lowest BCUT2D eigenvalue weighted by Gasteiger charge is -2.13. The van der Waals surface area contributed by atoms with E-state index in [1.54, 1.807) is 37.1 Å². The number of tetrazole rings is 1. The highest BCUT2D eigenvalue weighted by Crippen LogP contribution is 2.28. The van der Waals surface area contributed by atoms with E-state index in [-0.39, 0.29) is 12.5 Å². The predicted octanol–water partition coefficient (Wildman–Crippen LogP) is 2.04. The van der Waals surface area contributed by atoms with Crippen molar-refractivity contribution in [3.05, 3.63) is 48.3 Å². The van der Waals surface area contributed by atoms with Crippen LogP contribution in [-0.4, -0.2) is 46.9 Å². The number of benzene rings is 2. The van der Waals surface area contributed by atoms with E-state index in [0.717, 1.165) is 11.4 Å². The van der Waals surface area contributed by atoms with Crippen LogP contribution in [0.2, 0.25) is 0 Å². The van der Waals surface area contributed by atoms with Crippen LogP contribution in [0.15, 0.2) is 42.5 Å². The van der Waals surface area contributed by atoms with Crippen LogP contribution in [0, 0.1) is 6.92 Å². The highest BCUT2D eigenvalue weighted by Gasteiger charge is 2.10. The standard InChI is InChI=1S/C18H20N6O3/c1-12-21-22-23-24(12)14-6-4-5-13(9-14)19-11-18(25)20-16-10-15(26-2)7-8-17(16)27-3/h4-10,19H,11H2,1-3H3,(H,20,25). The molecule has 0 aliphatic rings. The number of rotatable bonds is 7. The number of nitrogens with zero attached hydrogens (tertiary/aromatic N) is 4. The molecule has 0 bridgehead atoms. The van der Waals surface area contributed by atoms with Crippen molar-refractivity contribution in [1.82, 2.24) is 20.2 Å². The smallest absolute Gasteiger partial charge is 0.243 e. The van der Waals surface area contributed by atoms with Gasteiger partial charge in [-0.2, -0.15) is 4.68 Å². The van der Waals surface area contributed by atoms with Gasteiger partial charge in [-0.3, -0.25) is 4.79 Å². The number of amides is 1. The molecule has 3 rings (SSSR count). The zero-order valence-electron chi connectivity index (χ0n) is 15.3. The third-order valence-corrected chi connectivity index (χ3v) is 3.85. The second-order valence-electron chi connectivity index (χ2n) is 5.66. The van der Waals surface area contributed by atoms with E-state index in [1.165, 1.54) is 0 Å². The van der Waals surface area contributed by atoms with Gasteiger partial charge in [0.25, 0.3) is 0 Å². The van der Waals surface area contributed by atoms with Crippen LogP contribution >= 0.6 is 0 Å². The Balaban J connectivity index is 1.66. The highest BCUT2D eigenvalue weighted by molar-refractivity contribution is 5.95. The van der Waals surface area contributed by atoms with Gasteiger partial charge in [0.15, 0.2) is 5.82 Å². The lowest BCUT2D eigenvalue weighted by molar-refractivity contribution is -0.114. The summed E-state index contributed by atoms with van der Waals surface area (Å²) in [6.07, 6.45) is 0. The van der Waals surface area contributed by atoms with E-state index < -0.39 is 0 Å². The van der Waals surface area contributed by atoms with Gasteiger partial charge in [0.1, 0.15) is 11.5 Å². The molecule has 9 heteroatoms. The Morgan fingerprint density at radius 1 is 1.15 bits per heavy atom. The summed E-state index contributed by atoms with van der Waals surface area (Å²) >= 11 is 0. The molecule has 2 aromatic carbocycles. The predicted molar refractivity (Wildman–Crippen MR) is 101 cm³/mol. The molecule has 0 unspecified atom stereocenters. The molecule has 0 atom stereocenters. The summed E-state index contributed by atoms with van der Waals surface area (Å²) in [6, 6.07) is 12.7. The largest absolute Gasteiger partial charge is 0.497 e. The lowest BCUT2D eigenvalue weighted by atomic mass is 10.2. The Bertz CT molecular complexity index is 940. The molecule has 1 aromatic heterocycles. The number of nitrogens with one attached hydrogen (secondary N) is 2. The Hall–Kier alpha value is -3.62. The molecular formula is C18H20N6O3. The number of aryl methyl sites for hydroxylation is 1. The van der Waals surface area contributed by atoms with Gasteiger partial charge in [0, 0.05) is 11.8 Å². The maximum Gasteiger partial charge on any atom is 0.243 e. The normalized spacial score (nSPS) is 10.3. The first kappa shape index (κ1) is 18.2. The number of carbonyl (C=O) groups excluding carboxylic acids is 1. The van der Waals surface area contributed by atoms with Gasteiger partial charge in [-0.05, 0) is 47.7 Å². The molecule has 0 aliphatic heterocycles. The zero-order valence-corrected chi connectivity index (χ0v) is 15.3. The quantitative estimate of drug-likeness (QED) is 0.658. The van der Waals surface area contributed by atoms with Crippen molar-refractivity contribution in [2.45, 2.75) is 6.92 Å². The van der Waals surface area contributed by atoms with Crippen LogP contribution < -0.4 is 20.1 Å². The van der Waals surface area contributed by atoms with Crippen molar-refractivity contribution < 1.29 is 14.3 Å². The molecule has 3 aromatic rings. The molecule has 140 valence electrons. The van der Waals surface area contributed by atoms with Crippen molar-refractivity contribution in [2.75, 3.05) is 31.4 Å². The average molecular weight is 368 g/mol. The van der Waals surface area contributed by atoms with E-state index in [2.05, 4.69) is 26.2 Å². The molecular weight excluding hydrogens is 348 g/mol. The molecule has 0 saturated carbocycles. The summed E-state index contributed by atoms with van der Waals surface area (Å²) in [5, 5.41) is 17.3. The van der Waals surface area contributed by atoms with Crippen LogP contribution in [-0.2, 0) is 4.79 Å². The van der Waals surface area contributed by atoms with Gasteiger partial charge in [-0.15, -0.1) is 5.10 Å². The fourth-order valence-electron chi connectivity index (χ4n) is 2.51. The molecule has 9 nitrogen and oxygen atoms in total. The molecule has 0 radical (unpaired) electrons. The first-order chi connectivity index (χ1) is 13.1. The number of aromatic nitrogens is 4. The zero-order chi connectivity index (χ0) is 19.2. The minimum absolute atomic E-state index is 0.0818. The molecule has 0 spiro atoms. The van der Waals surface area contributed by atoms with E-state index in [1.807, 2.05) is 31.2 Å². The van der Waals surface area contributed by atoms with Crippen molar-refractivity contribution in [2.24, 2.45) is 0 Å². The molecule has 2 N–H and O–H groups in total. The summed E-state index contributed by atoms with van der Waals surface area (Å²) in [5.74, 6) is 1.64. The number of hydrogen-bond acceptors (Lipinski definition) is 7. The summed E-state index contributed by atoms with van der Waals surface area (Å²) < 4.78 is 12.1. The fraction of sp³-hybridized carbons (Fsp3) is 0.222. The second-order valence-corrected chi connectivity index (χ2v) is 5.66. The third-order valence-electron chi connectivity index (χ3n) is 3.85. The maximum absolute atomic E-state index is 12.3. The van der Waals surface area contributed by atoms with E-state index in [4.69, 9.17) is 9.47 Å². The molecule has 0 saturated heterocycles. The average Bonchev–Trinajstić information content (AvgIpc) is 3.12. The fourth-order valence-corrected chi connectivity index (χ4v) is 2.51. The second kappa shape index (κ2) is 8.17. The number of carbonyl (C=O) groups is 1. The van der Waals surface area contributed by atoms with Gasteiger partial charge in [-0.1, -0.05) is 6.07 Å². The lowest BCUT2D eigenvalue weighted by Crippen LogP contribution is -2.22. The molecule has 0 fully saturated rings. The van der Waals surface area contributed by atoms with Crippen molar-refractivity contribution >= 4 is 17.3 Å². The molecule has 1 heterocycles. The SMILES string of the molecule is COc1ccc(OC)c(NC(=O)CNc2cccc(-n3nnnc3C)c2)c1. The number of anilines is 2. The Kier molecular flexibility index (Phi) is 5.50. The first-order valence-electron chi connectivity index (χ1n) is 8.22. The monoisotopic (exact) mass is 368 g/mol. The van der Waals surface area contributed by atoms with Crippen LogP contribution in [0.25, 0.3) is 5.69 Å². The topological polar surface area (TPSA) is 103 Å².